The Balaban J connectivity index is 2.80. The van der Waals surface area contributed by atoms with Crippen LogP contribution in [0.2, 0.25) is 20.1 Å². The summed E-state index contributed by atoms with van der Waals surface area (Å²) in [4.78, 5) is 22.0. The first-order chi connectivity index (χ1) is 14.3. The van der Waals surface area contributed by atoms with Crippen LogP contribution in [0.4, 0.5) is 0 Å². The Bertz CT molecular complexity index is 932. The van der Waals surface area contributed by atoms with Crippen LogP contribution in [0.5, 0.6) is 11.5 Å². The summed E-state index contributed by atoms with van der Waals surface area (Å²) in [5.41, 5.74) is 0.0772. The van der Waals surface area contributed by atoms with Crippen molar-refractivity contribution >= 4 is 93.1 Å². The first kappa shape index (κ1) is 26.3. The molecule has 0 fully saturated rings. The Morgan fingerprint density at radius 3 is 1.42 bits per heavy atom. The van der Waals surface area contributed by atoms with Crippen molar-refractivity contribution in [1.29, 1.82) is 0 Å². The van der Waals surface area contributed by atoms with Crippen molar-refractivity contribution in [3.05, 3.63) is 55.5 Å². The van der Waals surface area contributed by atoms with Crippen molar-refractivity contribution in [2.75, 3.05) is 13.2 Å². The summed E-state index contributed by atoms with van der Waals surface area (Å²) in [6, 6.07) is 5.24. The topological polar surface area (TPSA) is 93.1 Å². The molecule has 2 aromatic rings. The zero-order valence-corrected chi connectivity index (χ0v) is 20.3. The van der Waals surface area contributed by atoms with Gasteiger partial charge in [0.15, 0.2) is 13.2 Å². The largest absolute Gasteiger partial charge is 0.481 e. The standard InChI is InChI=1S/C18H11Cl7O6/c19-7-1-9(21)15(11(3-7)30-5-13(26)27)17(18(23,24)25)16-10(22)2-8(20)4-12(16)31-6-14(28)29/h1-4,17H,5-6H2,(H,26,27)(H,28,29). The number of hydrogen-bond acceptors (Lipinski definition) is 4. The summed E-state index contributed by atoms with van der Waals surface area (Å²) in [5, 5.41) is 18.2. The summed E-state index contributed by atoms with van der Waals surface area (Å²) in [5.74, 6) is -4.04. The zero-order chi connectivity index (χ0) is 23.5. The quantitative estimate of drug-likeness (QED) is 0.342. The van der Waals surface area contributed by atoms with Gasteiger partial charge in [-0.3, -0.25) is 0 Å². The molecule has 0 radical (unpaired) electrons. The Labute approximate surface area is 211 Å². The summed E-state index contributed by atoms with van der Waals surface area (Å²) in [6.45, 7) is -1.49. The Morgan fingerprint density at radius 2 is 1.13 bits per heavy atom. The highest BCUT2D eigenvalue weighted by atomic mass is 35.6. The van der Waals surface area contributed by atoms with Gasteiger partial charge in [-0.15, -0.1) is 0 Å². The molecule has 0 aliphatic heterocycles. The van der Waals surface area contributed by atoms with E-state index in [2.05, 4.69) is 0 Å². The van der Waals surface area contributed by atoms with Crippen LogP contribution in [0, 0.1) is 0 Å². The van der Waals surface area contributed by atoms with E-state index < -0.39 is 34.9 Å². The molecule has 6 nitrogen and oxygen atoms in total. The molecule has 0 bridgehead atoms. The minimum Gasteiger partial charge on any atom is -0.481 e. The molecule has 0 heterocycles. The molecule has 0 aliphatic rings. The number of hydrogen-bond donors (Lipinski definition) is 2. The van der Waals surface area contributed by atoms with Gasteiger partial charge in [0, 0.05) is 31.2 Å². The molecule has 0 aromatic heterocycles. The number of ether oxygens (including phenoxy) is 2. The Morgan fingerprint density at radius 1 is 0.774 bits per heavy atom. The fraction of sp³-hybridized carbons (Fsp3) is 0.222. The fourth-order valence-corrected chi connectivity index (χ4v) is 4.49. The summed E-state index contributed by atoms with van der Waals surface area (Å²) < 4.78 is 8.48. The van der Waals surface area contributed by atoms with Gasteiger partial charge in [0.25, 0.3) is 0 Å². The third-order valence-corrected chi connectivity index (χ3v) is 5.44. The summed E-state index contributed by atoms with van der Waals surface area (Å²) >= 11 is 43.6. The van der Waals surface area contributed by atoms with Gasteiger partial charge in [-0.05, 0) is 24.3 Å². The number of carbonyl (C=O) groups is 2. The SMILES string of the molecule is O=C(O)COc1cc(Cl)cc(Cl)c1C(c1c(Cl)cc(Cl)cc1OCC(=O)O)C(Cl)(Cl)Cl. The monoisotopic (exact) mass is 568 g/mol. The van der Waals surface area contributed by atoms with Crippen LogP contribution in [0.3, 0.4) is 0 Å². The van der Waals surface area contributed by atoms with E-state index in [1.54, 1.807) is 0 Å². The van der Waals surface area contributed by atoms with Crippen LogP contribution in [0.15, 0.2) is 24.3 Å². The van der Waals surface area contributed by atoms with Gasteiger partial charge in [-0.2, -0.15) is 0 Å². The van der Waals surface area contributed by atoms with Crippen LogP contribution in [-0.4, -0.2) is 39.2 Å². The van der Waals surface area contributed by atoms with Crippen molar-refractivity contribution < 1.29 is 29.3 Å². The van der Waals surface area contributed by atoms with Gasteiger partial charge in [0.05, 0.1) is 5.92 Å². The Hall–Kier alpha value is -0.990. The normalized spacial score (nSPS) is 11.5. The van der Waals surface area contributed by atoms with Crippen LogP contribution >= 0.6 is 81.2 Å². The molecule has 0 unspecified atom stereocenters. The van der Waals surface area contributed by atoms with Crippen molar-refractivity contribution in [2.24, 2.45) is 0 Å². The molecular formula is C18H11Cl7O6. The summed E-state index contributed by atoms with van der Waals surface area (Å²) in [7, 11) is 0. The van der Waals surface area contributed by atoms with Gasteiger partial charge in [0.1, 0.15) is 11.5 Å². The molecule has 0 amide bonds. The van der Waals surface area contributed by atoms with Gasteiger partial charge in [-0.1, -0.05) is 81.2 Å². The third kappa shape index (κ3) is 6.99. The van der Waals surface area contributed by atoms with Crippen LogP contribution in [0.25, 0.3) is 0 Å². The molecule has 2 N–H and O–H groups in total. The van der Waals surface area contributed by atoms with Crippen molar-refractivity contribution in [3.63, 3.8) is 0 Å². The lowest BCUT2D eigenvalue weighted by Gasteiger charge is -2.30. The van der Waals surface area contributed by atoms with E-state index in [0.717, 1.165) is 0 Å². The van der Waals surface area contributed by atoms with Crippen LogP contribution in [0.1, 0.15) is 17.0 Å². The number of carboxylic acid groups (broad SMARTS) is 2. The number of aliphatic carboxylic acids is 2. The lowest BCUT2D eigenvalue weighted by Crippen LogP contribution is -2.23. The molecule has 0 saturated heterocycles. The minimum absolute atomic E-state index is 0.0283. The van der Waals surface area contributed by atoms with Gasteiger partial charge < -0.3 is 19.7 Å². The maximum absolute atomic E-state index is 11.0. The van der Waals surface area contributed by atoms with Crippen LogP contribution in [-0.2, 0) is 9.59 Å². The fourth-order valence-electron chi connectivity index (χ4n) is 2.67. The highest BCUT2D eigenvalue weighted by molar-refractivity contribution is 6.68. The third-order valence-electron chi connectivity index (χ3n) is 3.72. The number of carboxylic acids is 2. The smallest absolute Gasteiger partial charge is 0.341 e. The molecule has 168 valence electrons. The zero-order valence-electron chi connectivity index (χ0n) is 15.0. The van der Waals surface area contributed by atoms with E-state index in [4.69, 9.17) is 101 Å². The molecule has 2 aromatic carbocycles. The minimum atomic E-state index is -2.14. The van der Waals surface area contributed by atoms with Gasteiger partial charge in [0.2, 0.25) is 3.79 Å². The lowest BCUT2D eigenvalue weighted by atomic mass is 9.90. The first-order valence-corrected chi connectivity index (χ1v) is 10.7. The molecule has 13 heteroatoms. The maximum Gasteiger partial charge on any atom is 0.341 e. The molecule has 0 saturated carbocycles. The number of halogens is 7. The van der Waals surface area contributed by atoms with Gasteiger partial charge in [-0.25, -0.2) is 9.59 Å². The van der Waals surface area contributed by atoms with E-state index in [0.29, 0.717) is 0 Å². The molecule has 0 atom stereocenters. The lowest BCUT2D eigenvalue weighted by molar-refractivity contribution is -0.140. The molecule has 2 rings (SSSR count). The molecule has 0 spiro atoms. The predicted octanol–water partition coefficient (Wildman–Crippen LogP) is 6.73. The molecule has 0 aliphatic carbocycles. The van der Waals surface area contributed by atoms with Crippen LogP contribution < -0.4 is 9.47 Å². The van der Waals surface area contributed by atoms with Gasteiger partial charge >= 0.3 is 11.9 Å². The molecule has 31 heavy (non-hydrogen) atoms. The second-order valence-corrected chi connectivity index (χ2v) is 9.99. The number of alkyl halides is 3. The second kappa shape index (κ2) is 10.8. The summed E-state index contributed by atoms with van der Waals surface area (Å²) in [6.07, 6.45) is 0. The predicted molar refractivity (Wildman–Crippen MR) is 121 cm³/mol. The van der Waals surface area contributed by atoms with E-state index in [1.165, 1.54) is 24.3 Å². The molecular weight excluding hydrogens is 560 g/mol. The van der Waals surface area contributed by atoms with E-state index >= 15 is 0 Å². The van der Waals surface area contributed by atoms with Crippen molar-refractivity contribution in [3.8, 4) is 11.5 Å². The van der Waals surface area contributed by atoms with Crippen molar-refractivity contribution in [2.45, 2.75) is 9.71 Å². The average molecular weight is 571 g/mol. The van der Waals surface area contributed by atoms with E-state index in [1.807, 2.05) is 0 Å². The highest BCUT2D eigenvalue weighted by Gasteiger charge is 2.42. The number of rotatable bonds is 8. The number of benzene rings is 2. The Kier molecular flexibility index (Phi) is 9.11. The van der Waals surface area contributed by atoms with E-state index in [-0.39, 0.29) is 42.7 Å². The highest BCUT2D eigenvalue weighted by Crippen LogP contribution is 2.55. The second-order valence-electron chi connectivity index (χ2n) is 5.94. The van der Waals surface area contributed by atoms with E-state index in [9.17, 15) is 9.59 Å². The first-order valence-electron chi connectivity index (χ1n) is 8.05. The maximum atomic E-state index is 11.0. The average Bonchev–Trinajstić information content (AvgIpc) is 2.60. The van der Waals surface area contributed by atoms with Crippen molar-refractivity contribution in [1.82, 2.24) is 0 Å².